The van der Waals surface area contributed by atoms with Crippen LogP contribution in [-0.4, -0.2) is 53.6 Å². The SMILES string of the molecule is COCC(C)(NC(=O)CCNC(=O)c1ccc([N+](=O)[O-])cc1)C(=O)O. The summed E-state index contributed by atoms with van der Waals surface area (Å²) in [5.74, 6) is -2.30. The van der Waals surface area contributed by atoms with Crippen molar-refractivity contribution in [2.24, 2.45) is 0 Å². The van der Waals surface area contributed by atoms with Crippen LogP contribution in [0.25, 0.3) is 0 Å². The molecule has 0 bridgehead atoms. The Kier molecular flexibility index (Phi) is 7.00. The van der Waals surface area contributed by atoms with Crippen LogP contribution in [0.5, 0.6) is 0 Å². The predicted molar refractivity (Wildman–Crippen MR) is 86.1 cm³/mol. The van der Waals surface area contributed by atoms with Crippen LogP contribution in [0, 0.1) is 10.1 Å². The van der Waals surface area contributed by atoms with Gasteiger partial charge in [-0.1, -0.05) is 0 Å². The van der Waals surface area contributed by atoms with Crippen LogP contribution in [-0.2, 0) is 14.3 Å². The third kappa shape index (κ3) is 5.84. The minimum atomic E-state index is -1.56. The first-order valence-corrected chi connectivity index (χ1v) is 7.25. The van der Waals surface area contributed by atoms with Gasteiger partial charge in [0.25, 0.3) is 11.6 Å². The lowest BCUT2D eigenvalue weighted by molar-refractivity contribution is -0.384. The van der Waals surface area contributed by atoms with Crippen LogP contribution >= 0.6 is 0 Å². The van der Waals surface area contributed by atoms with Crippen molar-refractivity contribution in [1.29, 1.82) is 0 Å². The van der Waals surface area contributed by atoms with Gasteiger partial charge < -0.3 is 20.5 Å². The highest BCUT2D eigenvalue weighted by Crippen LogP contribution is 2.11. The van der Waals surface area contributed by atoms with Gasteiger partial charge in [-0.2, -0.15) is 0 Å². The first-order chi connectivity index (χ1) is 11.7. The molecular weight excluding hydrogens is 334 g/mol. The van der Waals surface area contributed by atoms with E-state index >= 15 is 0 Å². The largest absolute Gasteiger partial charge is 0.479 e. The third-order valence-corrected chi connectivity index (χ3v) is 3.30. The Morgan fingerprint density at radius 2 is 1.88 bits per heavy atom. The number of hydrogen-bond acceptors (Lipinski definition) is 6. The van der Waals surface area contributed by atoms with E-state index in [2.05, 4.69) is 10.6 Å². The Hall–Kier alpha value is -3.01. The zero-order chi connectivity index (χ0) is 19.0. The monoisotopic (exact) mass is 353 g/mol. The van der Waals surface area contributed by atoms with Crippen molar-refractivity contribution in [3.05, 3.63) is 39.9 Å². The highest BCUT2D eigenvalue weighted by molar-refractivity contribution is 5.94. The predicted octanol–water partition coefficient (Wildman–Crippen LogP) is 0.321. The van der Waals surface area contributed by atoms with Crippen LogP contribution in [0.3, 0.4) is 0 Å². The van der Waals surface area contributed by atoms with E-state index in [1.165, 1.54) is 38.3 Å². The van der Waals surface area contributed by atoms with Gasteiger partial charge in [-0.15, -0.1) is 0 Å². The molecule has 1 aromatic rings. The molecular formula is C15H19N3O7. The standard InChI is InChI=1S/C15H19N3O7/c1-15(9-25-2,14(21)22)17-12(19)7-8-16-13(20)10-3-5-11(6-4-10)18(23)24/h3-6H,7-9H2,1-2H3,(H,16,20)(H,17,19)(H,21,22). The Morgan fingerprint density at radius 1 is 1.28 bits per heavy atom. The van der Waals surface area contributed by atoms with Crippen LogP contribution in [0.15, 0.2) is 24.3 Å². The van der Waals surface area contributed by atoms with Crippen LogP contribution in [0.2, 0.25) is 0 Å². The number of carboxylic acid groups (broad SMARTS) is 1. The van der Waals surface area contributed by atoms with E-state index in [4.69, 9.17) is 9.84 Å². The Bertz CT molecular complexity index is 660. The number of nitrogens with one attached hydrogen (secondary N) is 2. The smallest absolute Gasteiger partial charge is 0.331 e. The average Bonchev–Trinajstić information content (AvgIpc) is 2.54. The first-order valence-electron chi connectivity index (χ1n) is 7.25. The number of carbonyl (C=O) groups is 3. The molecule has 0 saturated carbocycles. The Morgan fingerprint density at radius 3 is 2.36 bits per heavy atom. The maximum atomic E-state index is 11.9. The number of rotatable bonds is 9. The van der Waals surface area contributed by atoms with E-state index in [1.807, 2.05) is 0 Å². The molecule has 0 fully saturated rings. The molecule has 1 atom stereocenters. The molecule has 25 heavy (non-hydrogen) atoms. The topological polar surface area (TPSA) is 148 Å². The molecule has 136 valence electrons. The number of non-ortho nitro benzene ring substituents is 1. The minimum Gasteiger partial charge on any atom is -0.479 e. The van der Waals surface area contributed by atoms with Crippen molar-refractivity contribution in [1.82, 2.24) is 10.6 Å². The highest BCUT2D eigenvalue weighted by atomic mass is 16.6. The number of carbonyl (C=O) groups excluding carboxylic acids is 2. The fraction of sp³-hybridized carbons (Fsp3) is 0.400. The number of hydrogen-bond donors (Lipinski definition) is 3. The maximum absolute atomic E-state index is 11.9. The molecule has 0 radical (unpaired) electrons. The van der Waals surface area contributed by atoms with Crippen LogP contribution in [0.1, 0.15) is 23.7 Å². The second-order valence-corrected chi connectivity index (χ2v) is 5.43. The number of nitro benzene ring substituents is 1. The van der Waals surface area contributed by atoms with E-state index in [1.54, 1.807) is 0 Å². The van der Waals surface area contributed by atoms with Gasteiger partial charge in [0.15, 0.2) is 5.54 Å². The molecule has 0 heterocycles. The summed E-state index contributed by atoms with van der Waals surface area (Å²) in [4.78, 5) is 44.8. The molecule has 0 saturated heterocycles. The molecule has 0 aromatic heterocycles. The molecule has 1 rings (SSSR count). The maximum Gasteiger partial charge on any atom is 0.331 e. The van der Waals surface area contributed by atoms with Gasteiger partial charge in [-0.3, -0.25) is 19.7 Å². The summed E-state index contributed by atoms with van der Waals surface area (Å²) in [6.07, 6.45) is -0.134. The summed E-state index contributed by atoms with van der Waals surface area (Å²) in [5.41, 5.74) is -1.49. The third-order valence-electron chi connectivity index (χ3n) is 3.30. The number of amides is 2. The molecule has 0 aliphatic carbocycles. The summed E-state index contributed by atoms with van der Waals surface area (Å²) in [6.45, 7) is 1.08. The molecule has 1 aromatic carbocycles. The van der Waals surface area contributed by atoms with Crippen molar-refractivity contribution in [2.75, 3.05) is 20.3 Å². The van der Waals surface area contributed by atoms with Gasteiger partial charge in [-0.25, -0.2) is 4.79 Å². The number of nitro groups is 1. The molecule has 0 spiro atoms. The Balaban J connectivity index is 2.50. The molecule has 2 amide bonds. The van der Waals surface area contributed by atoms with E-state index in [0.29, 0.717) is 0 Å². The molecule has 0 aliphatic rings. The zero-order valence-electron chi connectivity index (χ0n) is 13.8. The van der Waals surface area contributed by atoms with Crippen LogP contribution < -0.4 is 10.6 Å². The first kappa shape index (κ1) is 20.0. The summed E-state index contributed by atoms with van der Waals surface area (Å²) in [7, 11) is 1.32. The van der Waals surface area contributed by atoms with Crippen LogP contribution in [0.4, 0.5) is 5.69 Å². The fourth-order valence-electron chi connectivity index (χ4n) is 1.94. The number of carboxylic acids is 1. The van der Waals surface area contributed by atoms with Gasteiger partial charge in [0.1, 0.15) is 0 Å². The summed E-state index contributed by atoms with van der Waals surface area (Å²) in [6, 6.07) is 5.00. The van der Waals surface area contributed by atoms with Crippen molar-refractivity contribution < 1.29 is 29.2 Å². The fourth-order valence-corrected chi connectivity index (χ4v) is 1.94. The zero-order valence-corrected chi connectivity index (χ0v) is 13.8. The quantitative estimate of drug-likeness (QED) is 0.427. The number of methoxy groups -OCH3 is 1. The summed E-state index contributed by atoms with van der Waals surface area (Å²) >= 11 is 0. The lowest BCUT2D eigenvalue weighted by Crippen LogP contribution is -2.55. The summed E-state index contributed by atoms with van der Waals surface area (Å²) < 4.78 is 4.78. The number of benzene rings is 1. The normalized spacial score (nSPS) is 12.7. The van der Waals surface area contributed by atoms with Gasteiger partial charge in [0.05, 0.1) is 11.5 Å². The van der Waals surface area contributed by atoms with Gasteiger partial charge in [0.2, 0.25) is 5.91 Å². The average molecular weight is 353 g/mol. The van der Waals surface area contributed by atoms with Gasteiger partial charge in [0, 0.05) is 37.8 Å². The van der Waals surface area contributed by atoms with E-state index in [9.17, 15) is 24.5 Å². The van der Waals surface area contributed by atoms with E-state index in [0.717, 1.165) is 0 Å². The molecule has 10 nitrogen and oxygen atoms in total. The van der Waals surface area contributed by atoms with Crippen molar-refractivity contribution in [3.8, 4) is 0 Å². The summed E-state index contributed by atoms with van der Waals surface area (Å²) in [5, 5.41) is 24.5. The molecule has 10 heteroatoms. The number of aliphatic carboxylic acids is 1. The van der Waals surface area contributed by atoms with Gasteiger partial charge in [-0.05, 0) is 19.1 Å². The molecule has 0 aliphatic heterocycles. The van der Waals surface area contributed by atoms with Gasteiger partial charge >= 0.3 is 5.97 Å². The van der Waals surface area contributed by atoms with Crippen molar-refractivity contribution >= 4 is 23.5 Å². The Labute approximate surface area is 143 Å². The van der Waals surface area contributed by atoms with Crippen molar-refractivity contribution in [2.45, 2.75) is 18.9 Å². The molecule has 1 unspecified atom stereocenters. The highest BCUT2D eigenvalue weighted by Gasteiger charge is 2.34. The number of ether oxygens (including phenoxy) is 1. The lowest BCUT2D eigenvalue weighted by atomic mass is 10.0. The van der Waals surface area contributed by atoms with E-state index in [-0.39, 0.29) is 30.8 Å². The second kappa shape index (κ2) is 8.73. The van der Waals surface area contributed by atoms with E-state index < -0.39 is 28.2 Å². The molecule has 3 N–H and O–H groups in total. The lowest BCUT2D eigenvalue weighted by Gasteiger charge is -2.25. The second-order valence-electron chi connectivity index (χ2n) is 5.43. The minimum absolute atomic E-state index is 0.0235. The number of nitrogens with zero attached hydrogens (tertiary/aromatic N) is 1. The van der Waals surface area contributed by atoms with Crippen molar-refractivity contribution in [3.63, 3.8) is 0 Å².